The fourth-order valence-corrected chi connectivity index (χ4v) is 2.52. The highest BCUT2D eigenvalue weighted by Crippen LogP contribution is 2.27. The number of nitro groups is 1. The van der Waals surface area contributed by atoms with Crippen molar-refractivity contribution in [2.24, 2.45) is 0 Å². The molecule has 0 saturated carbocycles. The highest BCUT2D eigenvalue weighted by Gasteiger charge is 2.29. The SMILES string of the molecule is O=[N+]([O-])c1c(F)cccc1S(=O)(=O)Nc1ccon1. The summed E-state index contributed by atoms with van der Waals surface area (Å²) in [5.74, 6) is -1.41. The normalized spacial score (nSPS) is 11.2. The Balaban J connectivity index is 2.52. The predicted octanol–water partition coefficient (Wildman–Crippen LogP) is 1.52. The fraction of sp³-hybridized carbons (Fsp3) is 0. The summed E-state index contributed by atoms with van der Waals surface area (Å²) < 4.78 is 43.5. The van der Waals surface area contributed by atoms with E-state index in [4.69, 9.17) is 0 Å². The van der Waals surface area contributed by atoms with Gasteiger partial charge in [-0.2, -0.15) is 4.39 Å². The van der Waals surface area contributed by atoms with Crippen LogP contribution in [0, 0.1) is 15.9 Å². The van der Waals surface area contributed by atoms with Gasteiger partial charge in [0.2, 0.25) is 5.82 Å². The molecular formula is C9H6FN3O5S. The Morgan fingerprint density at radius 3 is 2.68 bits per heavy atom. The Kier molecular flexibility index (Phi) is 3.17. The van der Waals surface area contributed by atoms with Gasteiger partial charge in [0.15, 0.2) is 10.7 Å². The first-order chi connectivity index (χ1) is 8.92. The quantitative estimate of drug-likeness (QED) is 0.673. The Morgan fingerprint density at radius 2 is 2.11 bits per heavy atom. The minimum Gasteiger partial charge on any atom is -0.363 e. The molecule has 2 rings (SSSR count). The number of sulfonamides is 1. The zero-order valence-electron chi connectivity index (χ0n) is 9.11. The maximum Gasteiger partial charge on any atom is 0.325 e. The monoisotopic (exact) mass is 287 g/mol. The number of nitrogens with zero attached hydrogens (tertiary/aromatic N) is 2. The smallest absolute Gasteiger partial charge is 0.325 e. The van der Waals surface area contributed by atoms with E-state index in [-0.39, 0.29) is 5.82 Å². The lowest BCUT2D eigenvalue weighted by atomic mass is 10.3. The van der Waals surface area contributed by atoms with Crippen LogP contribution in [0.1, 0.15) is 0 Å². The van der Waals surface area contributed by atoms with Gasteiger partial charge >= 0.3 is 5.69 Å². The van der Waals surface area contributed by atoms with Crippen LogP contribution in [0.3, 0.4) is 0 Å². The lowest BCUT2D eigenvalue weighted by Crippen LogP contribution is -2.15. The van der Waals surface area contributed by atoms with Crippen LogP contribution in [-0.2, 0) is 10.0 Å². The second kappa shape index (κ2) is 4.65. The first-order valence-corrected chi connectivity index (χ1v) is 6.26. The van der Waals surface area contributed by atoms with E-state index >= 15 is 0 Å². The third-order valence-corrected chi connectivity index (χ3v) is 3.48. The second-order valence-electron chi connectivity index (χ2n) is 3.33. The molecule has 1 aromatic carbocycles. The van der Waals surface area contributed by atoms with Crippen molar-refractivity contribution in [3.8, 4) is 0 Å². The zero-order valence-corrected chi connectivity index (χ0v) is 9.93. The van der Waals surface area contributed by atoms with Gasteiger partial charge in [0.05, 0.1) is 4.92 Å². The minimum absolute atomic E-state index is 0.168. The number of halogens is 1. The van der Waals surface area contributed by atoms with Crippen LogP contribution in [0.2, 0.25) is 0 Å². The molecule has 0 unspecified atom stereocenters. The molecule has 8 nitrogen and oxygen atoms in total. The molecule has 0 aliphatic carbocycles. The van der Waals surface area contributed by atoms with Crippen LogP contribution in [0.15, 0.2) is 39.9 Å². The molecule has 19 heavy (non-hydrogen) atoms. The van der Waals surface area contributed by atoms with E-state index < -0.39 is 31.3 Å². The molecule has 0 fully saturated rings. The largest absolute Gasteiger partial charge is 0.363 e. The summed E-state index contributed by atoms with van der Waals surface area (Å²) in [6, 6.07) is 3.97. The third-order valence-electron chi connectivity index (χ3n) is 2.10. The van der Waals surface area contributed by atoms with Crippen LogP contribution < -0.4 is 4.72 Å². The molecule has 100 valence electrons. The van der Waals surface area contributed by atoms with Crippen molar-refractivity contribution >= 4 is 21.5 Å². The van der Waals surface area contributed by atoms with Gasteiger partial charge in [-0.3, -0.25) is 14.8 Å². The van der Waals surface area contributed by atoms with Crippen molar-refractivity contribution in [1.82, 2.24) is 5.16 Å². The van der Waals surface area contributed by atoms with Crippen molar-refractivity contribution in [2.75, 3.05) is 4.72 Å². The second-order valence-corrected chi connectivity index (χ2v) is 4.98. The van der Waals surface area contributed by atoms with Gasteiger partial charge in [-0.05, 0) is 12.1 Å². The lowest BCUT2D eigenvalue weighted by molar-refractivity contribution is -0.390. The van der Waals surface area contributed by atoms with E-state index in [1.165, 1.54) is 6.07 Å². The topological polar surface area (TPSA) is 115 Å². The number of para-hydroxylation sites is 1. The first kappa shape index (κ1) is 13.0. The number of nitrogens with one attached hydrogen (secondary N) is 1. The van der Waals surface area contributed by atoms with Crippen molar-refractivity contribution in [3.63, 3.8) is 0 Å². The number of rotatable bonds is 4. The molecule has 0 radical (unpaired) electrons. The maximum atomic E-state index is 13.3. The number of anilines is 1. The number of hydrogen-bond acceptors (Lipinski definition) is 6. The summed E-state index contributed by atoms with van der Waals surface area (Å²) in [5, 5.41) is 14.0. The third kappa shape index (κ3) is 2.52. The minimum atomic E-state index is -4.34. The average Bonchev–Trinajstić information content (AvgIpc) is 2.80. The van der Waals surface area contributed by atoms with Crippen LogP contribution >= 0.6 is 0 Å². The summed E-state index contributed by atoms with van der Waals surface area (Å²) in [6.07, 6.45) is 1.11. The van der Waals surface area contributed by atoms with Gasteiger partial charge in [-0.25, -0.2) is 8.42 Å². The number of benzene rings is 1. The Hall–Kier alpha value is -2.49. The van der Waals surface area contributed by atoms with E-state index in [1.54, 1.807) is 0 Å². The predicted molar refractivity (Wildman–Crippen MR) is 60.4 cm³/mol. The van der Waals surface area contributed by atoms with Crippen LogP contribution in [-0.4, -0.2) is 18.5 Å². The van der Waals surface area contributed by atoms with Crippen molar-refractivity contribution in [3.05, 3.63) is 46.5 Å². The molecule has 1 heterocycles. The molecule has 0 aliphatic heterocycles. The Bertz CT molecular complexity index is 713. The molecule has 2 aromatic rings. The summed E-state index contributed by atoms with van der Waals surface area (Å²) >= 11 is 0. The van der Waals surface area contributed by atoms with Gasteiger partial charge in [0, 0.05) is 6.07 Å². The Labute approximate surface area is 106 Å². The van der Waals surface area contributed by atoms with E-state index in [9.17, 15) is 22.9 Å². The molecule has 0 atom stereocenters. The molecule has 0 aliphatic rings. The lowest BCUT2D eigenvalue weighted by Gasteiger charge is -2.05. The van der Waals surface area contributed by atoms with E-state index in [2.05, 4.69) is 9.68 Å². The molecule has 10 heteroatoms. The number of hydrogen-bond donors (Lipinski definition) is 1. The van der Waals surface area contributed by atoms with Crippen molar-refractivity contribution in [1.29, 1.82) is 0 Å². The van der Waals surface area contributed by atoms with Crippen LogP contribution in [0.25, 0.3) is 0 Å². The highest BCUT2D eigenvalue weighted by atomic mass is 32.2. The molecule has 1 aromatic heterocycles. The molecular weight excluding hydrogens is 281 g/mol. The average molecular weight is 287 g/mol. The maximum absolute atomic E-state index is 13.3. The fourth-order valence-electron chi connectivity index (χ4n) is 1.35. The highest BCUT2D eigenvalue weighted by molar-refractivity contribution is 7.92. The van der Waals surface area contributed by atoms with E-state index in [0.717, 1.165) is 24.5 Å². The number of nitro benzene ring substituents is 1. The summed E-state index contributed by atoms with van der Waals surface area (Å²) in [4.78, 5) is 8.84. The van der Waals surface area contributed by atoms with Crippen LogP contribution in [0.4, 0.5) is 15.9 Å². The molecule has 0 spiro atoms. The van der Waals surface area contributed by atoms with Crippen LogP contribution in [0.5, 0.6) is 0 Å². The van der Waals surface area contributed by atoms with E-state index in [1.807, 2.05) is 4.72 Å². The molecule has 1 N–H and O–H groups in total. The molecule has 0 bridgehead atoms. The molecule has 0 saturated heterocycles. The standard InChI is InChI=1S/C9H6FN3O5S/c10-6-2-1-3-7(9(6)13(14)15)19(16,17)12-8-4-5-18-11-8/h1-5H,(H,11,12). The van der Waals surface area contributed by atoms with Gasteiger partial charge in [0.1, 0.15) is 6.26 Å². The summed E-state index contributed by atoms with van der Waals surface area (Å²) in [6.45, 7) is 0. The zero-order chi connectivity index (χ0) is 14.0. The number of aromatic nitrogens is 1. The summed E-state index contributed by atoms with van der Waals surface area (Å²) in [5.41, 5.74) is -1.13. The Morgan fingerprint density at radius 1 is 1.37 bits per heavy atom. The van der Waals surface area contributed by atoms with Gasteiger partial charge in [-0.1, -0.05) is 11.2 Å². The van der Waals surface area contributed by atoms with Crippen molar-refractivity contribution in [2.45, 2.75) is 4.90 Å². The first-order valence-electron chi connectivity index (χ1n) is 4.78. The van der Waals surface area contributed by atoms with Gasteiger partial charge < -0.3 is 4.52 Å². The molecule has 0 amide bonds. The van der Waals surface area contributed by atoms with Gasteiger partial charge in [0.25, 0.3) is 10.0 Å². The summed E-state index contributed by atoms with van der Waals surface area (Å²) in [7, 11) is -4.34. The van der Waals surface area contributed by atoms with Gasteiger partial charge in [-0.15, -0.1) is 0 Å². The van der Waals surface area contributed by atoms with Crippen molar-refractivity contribution < 1.29 is 22.3 Å². The van der Waals surface area contributed by atoms with E-state index in [0.29, 0.717) is 0 Å².